The van der Waals surface area contributed by atoms with Gasteiger partial charge in [0, 0.05) is 49.3 Å². The highest BCUT2D eigenvalue weighted by Gasteiger charge is 2.19. The molecule has 1 aliphatic rings. The Kier molecular flexibility index (Phi) is 5.65. The summed E-state index contributed by atoms with van der Waals surface area (Å²) in [6.45, 7) is 5.43. The van der Waals surface area contributed by atoms with E-state index in [2.05, 4.69) is 25.7 Å². The van der Waals surface area contributed by atoms with Gasteiger partial charge in [0.2, 0.25) is 0 Å². The number of benzene rings is 1. The van der Waals surface area contributed by atoms with Gasteiger partial charge in [0.1, 0.15) is 0 Å². The van der Waals surface area contributed by atoms with E-state index in [9.17, 15) is 5.11 Å². The number of phenols is 1. The number of rotatable bonds is 5. The standard InChI is InChI=1S/C14H21BrN2O3/c1-20-13-9-12(15)8-11(14(13)19)10-17-4-2-16(3-5-17)6-7-18/h8-9,18-19H,2-7,10H2,1H3. The van der Waals surface area contributed by atoms with E-state index in [-0.39, 0.29) is 12.4 Å². The van der Waals surface area contributed by atoms with Crippen LogP contribution in [0.5, 0.6) is 11.5 Å². The van der Waals surface area contributed by atoms with Crippen LogP contribution in [0.4, 0.5) is 0 Å². The molecule has 0 aliphatic carbocycles. The van der Waals surface area contributed by atoms with Gasteiger partial charge in [-0.25, -0.2) is 0 Å². The molecule has 0 unspecified atom stereocenters. The molecule has 1 aliphatic heterocycles. The van der Waals surface area contributed by atoms with Crippen molar-refractivity contribution in [2.75, 3.05) is 46.4 Å². The van der Waals surface area contributed by atoms with E-state index in [0.29, 0.717) is 12.3 Å². The molecule has 5 nitrogen and oxygen atoms in total. The Hall–Kier alpha value is -0.820. The topological polar surface area (TPSA) is 56.2 Å². The number of halogens is 1. The molecule has 1 saturated heterocycles. The van der Waals surface area contributed by atoms with Crippen LogP contribution in [0, 0.1) is 0 Å². The van der Waals surface area contributed by atoms with E-state index in [1.165, 1.54) is 0 Å². The number of hydrogen-bond acceptors (Lipinski definition) is 5. The van der Waals surface area contributed by atoms with Crippen LogP contribution in [0.2, 0.25) is 0 Å². The third kappa shape index (κ3) is 3.85. The molecule has 1 aromatic carbocycles. The zero-order chi connectivity index (χ0) is 14.5. The molecule has 0 amide bonds. The maximum atomic E-state index is 10.2. The maximum Gasteiger partial charge on any atom is 0.162 e. The second kappa shape index (κ2) is 7.26. The van der Waals surface area contributed by atoms with Crippen LogP contribution < -0.4 is 4.74 Å². The van der Waals surface area contributed by atoms with Crippen LogP contribution in [-0.4, -0.2) is 66.5 Å². The van der Waals surface area contributed by atoms with Gasteiger partial charge in [-0.1, -0.05) is 15.9 Å². The predicted molar refractivity (Wildman–Crippen MR) is 81.2 cm³/mol. The molecular formula is C14H21BrN2O3. The van der Waals surface area contributed by atoms with Crippen LogP contribution in [0.1, 0.15) is 5.56 Å². The summed E-state index contributed by atoms with van der Waals surface area (Å²) in [5, 5.41) is 19.1. The largest absolute Gasteiger partial charge is 0.504 e. The number of β-amino-alcohol motifs (C(OH)–C–C–N with tert-alkyl or cyclic N) is 1. The van der Waals surface area contributed by atoms with Crippen molar-refractivity contribution >= 4 is 15.9 Å². The Balaban J connectivity index is 1.99. The van der Waals surface area contributed by atoms with Crippen LogP contribution in [0.3, 0.4) is 0 Å². The Morgan fingerprint density at radius 3 is 2.45 bits per heavy atom. The molecule has 2 rings (SSSR count). The highest BCUT2D eigenvalue weighted by Crippen LogP contribution is 2.34. The number of aromatic hydroxyl groups is 1. The van der Waals surface area contributed by atoms with Crippen molar-refractivity contribution in [3.8, 4) is 11.5 Å². The van der Waals surface area contributed by atoms with E-state index in [1.807, 2.05) is 6.07 Å². The minimum absolute atomic E-state index is 0.212. The Morgan fingerprint density at radius 1 is 1.20 bits per heavy atom. The van der Waals surface area contributed by atoms with Crippen molar-refractivity contribution < 1.29 is 14.9 Å². The minimum atomic E-state index is 0.212. The summed E-state index contributed by atoms with van der Waals surface area (Å²) in [7, 11) is 1.55. The van der Waals surface area contributed by atoms with Crippen LogP contribution >= 0.6 is 15.9 Å². The first-order chi connectivity index (χ1) is 9.63. The molecule has 1 aromatic rings. The SMILES string of the molecule is COc1cc(Br)cc(CN2CCN(CCO)CC2)c1O. The van der Waals surface area contributed by atoms with Crippen molar-refractivity contribution in [2.45, 2.75) is 6.54 Å². The molecule has 0 aromatic heterocycles. The molecule has 20 heavy (non-hydrogen) atoms. The first kappa shape index (κ1) is 15.6. The van der Waals surface area contributed by atoms with Gasteiger partial charge < -0.3 is 14.9 Å². The summed E-state index contributed by atoms with van der Waals surface area (Å²) in [5.74, 6) is 0.710. The van der Waals surface area contributed by atoms with Gasteiger partial charge in [-0.05, 0) is 12.1 Å². The lowest BCUT2D eigenvalue weighted by atomic mass is 10.1. The van der Waals surface area contributed by atoms with E-state index >= 15 is 0 Å². The van der Waals surface area contributed by atoms with Crippen LogP contribution in [0.15, 0.2) is 16.6 Å². The zero-order valence-corrected chi connectivity index (χ0v) is 13.3. The number of methoxy groups -OCH3 is 1. The fraction of sp³-hybridized carbons (Fsp3) is 0.571. The molecule has 0 saturated carbocycles. The van der Waals surface area contributed by atoms with Crippen molar-refractivity contribution in [3.63, 3.8) is 0 Å². The average molecular weight is 345 g/mol. The van der Waals surface area contributed by atoms with Gasteiger partial charge in [0.25, 0.3) is 0 Å². The van der Waals surface area contributed by atoms with E-state index in [1.54, 1.807) is 13.2 Å². The third-order valence-electron chi connectivity index (χ3n) is 3.61. The Morgan fingerprint density at radius 2 is 1.85 bits per heavy atom. The second-order valence-corrected chi connectivity index (χ2v) is 5.87. The molecule has 1 heterocycles. The number of piperazine rings is 1. The molecule has 0 radical (unpaired) electrons. The van der Waals surface area contributed by atoms with Gasteiger partial charge in [-0.3, -0.25) is 9.80 Å². The summed E-state index contributed by atoms with van der Waals surface area (Å²) >= 11 is 3.44. The Labute approximate surface area is 127 Å². The first-order valence-electron chi connectivity index (χ1n) is 6.75. The van der Waals surface area contributed by atoms with E-state index < -0.39 is 0 Å². The predicted octanol–water partition coefficient (Wildman–Crippen LogP) is 1.27. The number of phenolic OH excluding ortho intramolecular Hbond substituents is 1. The molecule has 0 atom stereocenters. The average Bonchev–Trinajstić information content (AvgIpc) is 2.45. The summed E-state index contributed by atoms with van der Waals surface area (Å²) in [6.07, 6.45) is 0. The summed E-state index contributed by atoms with van der Waals surface area (Å²) in [6, 6.07) is 3.69. The monoisotopic (exact) mass is 344 g/mol. The van der Waals surface area contributed by atoms with Crippen molar-refractivity contribution in [1.82, 2.24) is 9.80 Å². The first-order valence-corrected chi connectivity index (χ1v) is 7.54. The van der Waals surface area contributed by atoms with Gasteiger partial charge in [-0.15, -0.1) is 0 Å². The van der Waals surface area contributed by atoms with E-state index in [4.69, 9.17) is 9.84 Å². The molecule has 2 N–H and O–H groups in total. The van der Waals surface area contributed by atoms with Crippen LogP contribution in [-0.2, 0) is 6.54 Å². The highest BCUT2D eigenvalue weighted by atomic mass is 79.9. The summed E-state index contributed by atoms with van der Waals surface area (Å²) in [5.41, 5.74) is 0.867. The smallest absolute Gasteiger partial charge is 0.162 e. The number of nitrogens with zero attached hydrogens (tertiary/aromatic N) is 2. The lowest BCUT2D eigenvalue weighted by Gasteiger charge is -2.34. The highest BCUT2D eigenvalue weighted by molar-refractivity contribution is 9.10. The lowest BCUT2D eigenvalue weighted by Crippen LogP contribution is -2.46. The number of hydrogen-bond donors (Lipinski definition) is 2. The van der Waals surface area contributed by atoms with Gasteiger partial charge in [-0.2, -0.15) is 0 Å². The number of aliphatic hydroxyl groups excluding tert-OH is 1. The number of aliphatic hydroxyl groups is 1. The van der Waals surface area contributed by atoms with Crippen molar-refractivity contribution in [1.29, 1.82) is 0 Å². The Bertz CT molecular complexity index is 448. The summed E-state index contributed by atoms with van der Waals surface area (Å²) in [4.78, 5) is 4.55. The third-order valence-corrected chi connectivity index (χ3v) is 4.07. The fourth-order valence-electron chi connectivity index (χ4n) is 2.46. The molecule has 112 valence electrons. The van der Waals surface area contributed by atoms with Gasteiger partial charge >= 0.3 is 0 Å². The molecule has 0 bridgehead atoms. The fourth-order valence-corrected chi connectivity index (χ4v) is 2.94. The van der Waals surface area contributed by atoms with Crippen molar-refractivity contribution in [3.05, 3.63) is 22.2 Å². The van der Waals surface area contributed by atoms with Crippen LogP contribution in [0.25, 0.3) is 0 Å². The van der Waals surface area contributed by atoms with Gasteiger partial charge in [0.05, 0.1) is 13.7 Å². The zero-order valence-electron chi connectivity index (χ0n) is 11.7. The van der Waals surface area contributed by atoms with E-state index in [0.717, 1.165) is 42.8 Å². The lowest BCUT2D eigenvalue weighted by molar-refractivity contribution is 0.108. The molecule has 1 fully saturated rings. The summed E-state index contributed by atoms with van der Waals surface area (Å²) < 4.78 is 6.07. The minimum Gasteiger partial charge on any atom is -0.504 e. The molecular weight excluding hydrogens is 324 g/mol. The quantitative estimate of drug-likeness (QED) is 0.842. The molecule has 0 spiro atoms. The normalized spacial score (nSPS) is 17.4. The number of ether oxygens (including phenoxy) is 1. The molecule has 6 heteroatoms. The second-order valence-electron chi connectivity index (χ2n) is 4.96. The van der Waals surface area contributed by atoms with Crippen molar-refractivity contribution in [2.24, 2.45) is 0 Å². The van der Waals surface area contributed by atoms with Gasteiger partial charge in [0.15, 0.2) is 11.5 Å². The maximum absolute atomic E-state index is 10.2.